The molecular formula is C18H23F3FeN2O3+2. The van der Waals surface area contributed by atoms with Crippen molar-refractivity contribution in [3.63, 3.8) is 0 Å². The molecule has 2 fully saturated rings. The molecule has 4 N–H and O–H groups in total. The van der Waals surface area contributed by atoms with E-state index in [1.54, 1.807) is 0 Å². The Morgan fingerprint density at radius 2 is 1.41 bits per heavy atom. The smallest absolute Gasteiger partial charge is 0.475 e. The molecule has 0 aliphatic heterocycles. The van der Waals surface area contributed by atoms with Crippen molar-refractivity contribution in [1.82, 2.24) is 5.32 Å². The van der Waals surface area contributed by atoms with Crippen molar-refractivity contribution >= 4 is 11.9 Å². The van der Waals surface area contributed by atoms with E-state index in [0.717, 1.165) is 5.92 Å². The van der Waals surface area contributed by atoms with Gasteiger partial charge in [-0.2, -0.15) is 13.2 Å². The quantitative estimate of drug-likeness (QED) is 0.599. The fraction of sp³-hybridized carbons (Fsp3) is 0.333. The van der Waals surface area contributed by atoms with E-state index >= 15 is 0 Å². The van der Waals surface area contributed by atoms with Gasteiger partial charge in [-0.05, 0) is 63.7 Å². The fourth-order valence-corrected chi connectivity index (χ4v) is 1.46. The van der Waals surface area contributed by atoms with Gasteiger partial charge < -0.3 is 16.2 Å². The first-order valence-electron chi connectivity index (χ1n) is 7.76. The van der Waals surface area contributed by atoms with Crippen LogP contribution >= 0.6 is 0 Å². The summed E-state index contributed by atoms with van der Waals surface area (Å²) in [5, 5.41) is 9.93. The van der Waals surface area contributed by atoms with Gasteiger partial charge in [0.15, 0.2) is 0 Å². The summed E-state index contributed by atoms with van der Waals surface area (Å²) in [4.78, 5) is 20.3. The molecule has 0 heterocycles. The van der Waals surface area contributed by atoms with Crippen LogP contribution in [0.25, 0.3) is 0 Å². The van der Waals surface area contributed by atoms with Gasteiger partial charge in [0, 0.05) is 12.5 Å². The van der Waals surface area contributed by atoms with Crippen molar-refractivity contribution in [3.05, 3.63) is 63.7 Å². The van der Waals surface area contributed by atoms with Crippen LogP contribution < -0.4 is 11.1 Å². The molecule has 27 heavy (non-hydrogen) atoms. The van der Waals surface area contributed by atoms with E-state index < -0.39 is 18.2 Å². The van der Waals surface area contributed by atoms with E-state index in [9.17, 15) is 18.0 Å². The van der Waals surface area contributed by atoms with E-state index in [1.165, 1.54) is 0 Å². The number of nitrogens with one attached hydrogen (secondary N) is 1. The van der Waals surface area contributed by atoms with Crippen molar-refractivity contribution in [2.75, 3.05) is 6.54 Å². The number of hydrogen-bond acceptors (Lipinski definition) is 3. The van der Waals surface area contributed by atoms with Crippen LogP contribution in [0.5, 0.6) is 0 Å². The van der Waals surface area contributed by atoms with E-state index in [0.29, 0.717) is 6.54 Å². The van der Waals surface area contributed by atoms with Crippen LogP contribution in [0.3, 0.4) is 0 Å². The third-order valence-electron chi connectivity index (χ3n) is 3.02. The molecule has 9 heteroatoms. The first-order valence-corrected chi connectivity index (χ1v) is 7.76. The number of amides is 1. The van der Waals surface area contributed by atoms with Crippen molar-refractivity contribution < 1.29 is 44.9 Å². The average molecular weight is 428 g/mol. The standard InChI is InChI=1S/C11H17N2O.C5H5.C2HF3O2.Fe/c1-8(2)10(12)11(14)13-7-9-5-3-4-6-9;1-2-4-5-3-1;3-2(4,5)1(6)7;/h3-6,8,10H,7,12H2,1-2H3,(H,13,14);1-5H;(H,6,7);/q;;;+2/t10-;;;/m0.../s1. The molecule has 0 aromatic carbocycles. The third kappa shape index (κ3) is 14.9. The summed E-state index contributed by atoms with van der Waals surface area (Å²) in [6.45, 7) is 4.44. The molecule has 1 amide bonds. The number of carbonyl (C=O) groups is 2. The molecule has 0 aromatic heterocycles. The predicted octanol–water partition coefficient (Wildman–Crippen LogP) is 2.14. The van der Waals surface area contributed by atoms with E-state index in [4.69, 9.17) is 15.6 Å². The molecule has 2 rings (SSSR count). The number of hydrogen-bond donors (Lipinski definition) is 3. The first-order chi connectivity index (χ1) is 12.1. The zero-order valence-electron chi connectivity index (χ0n) is 14.9. The maximum atomic E-state index is 11.4. The minimum atomic E-state index is -5.08. The maximum absolute atomic E-state index is 11.4. The van der Waals surface area contributed by atoms with Crippen molar-refractivity contribution in [3.8, 4) is 0 Å². The van der Waals surface area contributed by atoms with Crippen LogP contribution in [0.2, 0.25) is 0 Å². The molecule has 150 valence electrons. The number of alkyl halides is 3. The second-order valence-electron chi connectivity index (χ2n) is 5.55. The Morgan fingerprint density at radius 1 is 1.04 bits per heavy atom. The van der Waals surface area contributed by atoms with Gasteiger partial charge >= 0.3 is 29.2 Å². The number of rotatable bonds is 4. The average Bonchev–Trinajstić information content (AvgIpc) is 3.27. The van der Waals surface area contributed by atoms with Gasteiger partial charge in [-0.1, -0.05) is 13.8 Å². The van der Waals surface area contributed by atoms with Crippen molar-refractivity contribution in [2.24, 2.45) is 11.7 Å². The van der Waals surface area contributed by atoms with Crippen molar-refractivity contribution in [1.29, 1.82) is 0 Å². The second-order valence-corrected chi connectivity index (χ2v) is 5.55. The number of carboxylic acids is 1. The molecule has 0 saturated heterocycles. The molecule has 0 unspecified atom stereocenters. The summed E-state index contributed by atoms with van der Waals surface area (Å²) in [5.74, 6) is -1.56. The zero-order chi connectivity index (χ0) is 20.2. The van der Waals surface area contributed by atoms with Crippen LogP contribution in [0.1, 0.15) is 13.8 Å². The summed E-state index contributed by atoms with van der Waals surface area (Å²) < 4.78 is 31.7. The molecular weight excluding hydrogens is 405 g/mol. The number of carbonyl (C=O) groups excluding carboxylic acids is 1. The van der Waals surface area contributed by atoms with Crippen LogP contribution in [-0.2, 0) is 26.7 Å². The summed E-state index contributed by atoms with van der Waals surface area (Å²) in [7, 11) is 0. The van der Waals surface area contributed by atoms with E-state index in [1.807, 2.05) is 71.6 Å². The van der Waals surface area contributed by atoms with Gasteiger partial charge in [-0.25, -0.2) is 4.79 Å². The molecule has 0 bridgehead atoms. The molecule has 1 atom stereocenters. The zero-order valence-corrected chi connectivity index (χ0v) is 16.0. The van der Waals surface area contributed by atoms with E-state index in [2.05, 4.69) is 5.32 Å². The van der Waals surface area contributed by atoms with Crippen LogP contribution in [0.15, 0.2) is 0 Å². The third-order valence-corrected chi connectivity index (χ3v) is 3.02. The Bertz CT molecular complexity index is 404. The van der Waals surface area contributed by atoms with Gasteiger partial charge in [0.05, 0.1) is 6.04 Å². The SMILES string of the molecule is CC(C)[C@H](N)C(=O)NC[C]1[CH][CH][CH][CH]1.O=C(O)C(F)(F)F.[CH]1[CH][CH][CH][CH]1.[Fe+2]. The molecule has 0 spiro atoms. The van der Waals surface area contributed by atoms with Gasteiger partial charge in [0.1, 0.15) is 0 Å². The van der Waals surface area contributed by atoms with Crippen LogP contribution in [0.4, 0.5) is 13.2 Å². The number of carboxylic acid groups (broad SMARTS) is 1. The summed E-state index contributed by atoms with van der Waals surface area (Å²) in [6, 6.07) is -0.412. The van der Waals surface area contributed by atoms with E-state index in [-0.39, 0.29) is 28.9 Å². The van der Waals surface area contributed by atoms with Gasteiger partial charge in [-0.3, -0.25) is 4.79 Å². The Balaban J connectivity index is 0. The Morgan fingerprint density at radius 3 is 1.70 bits per heavy atom. The van der Waals surface area contributed by atoms with Crippen LogP contribution in [-0.4, -0.2) is 35.7 Å². The minimum Gasteiger partial charge on any atom is -0.475 e. The number of aliphatic carboxylic acids is 1. The summed E-state index contributed by atoms with van der Waals surface area (Å²) in [5.41, 5.74) is 5.69. The minimum absolute atomic E-state index is 0. The Kier molecular flexibility index (Phi) is 16.0. The maximum Gasteiger partial charge on any atom is 2.00 e. The number of halogens is 3. The largest absolute Gasteiger partial charge is 2.00 e. The molecule has 2 saturated carbocycles. The Labute approximate surface area is 170 Å². The topological polar surface area (TPSA) is 92.4 Å². The molecule has 2 aliphatic rings. The molecule has 0 aromatic rings. The molecule has 10 radical (unpaired) electrons. The van der Waals surface area contributed by atoms with Gasteiger partial charge in [-0.15, -0.1) is 0 Å². The summed E-state index contributed by atoms with van der Waals surface area (Å²) in [6.07, 6.45) is 12.8. The fourth-order valence-electron chi connectivity index (χ4n) is 1.46. The normalized spacial score (nSPS) is 17.7. The monoisotopic (exact) mass is 428 g/mol. The van der Waals surface area contributed by atoms with Crippen molar-refractivity contribution in [2.45, 2.75) is 26.1 Å². The number of nitrogens with two attached hydrogens (primary N) is 1. The van der Waals surface area contributed by atoms with Gasteiger partial charge in [0.25, 0.3) is 0 Å². The first kappa shape index (κ1) is 28.4. The Hall–Kier alpha value is -0.791. The molecule has 2 aliphatic carbocycles. The van der Waals surface area contributed by atoms with Gasteiger partial charge in [0.2, 0.25) is 5.91 Å². The summed E-state index contributed by atoms with van der Waals surface area (Å²) >= 11 is 0. The molecule has 5 nitrogen and oxygen atoms in total. The van der Waals surface area contributed by atoms with Crippen LogP contribution in [0, 0.1) is 69.6 Å². The second kappa shape index (κ2) is 15.2. The predicted molar refractivity (Wildman–Crippen MR) is 91.5 cm³/mol.